The summed E-state index contributed by atoms with van der Waals surface area (Å²) in [6, 6.07) is -0.352. The van der Waals surface area contributed by atoms with E-state index in [0.717, 1.165) is 24.8 Å². The lowest BCUT2D eigenvalue weighted by Crippen LogP contribution is -2.73. The Balaban J connectivity index is 1.92. The molecule has 0 unspecified atom stereocenters. The van der Waals surface area contributed by atoms with Gasteiger partial charge in [0.05, 0.1) is 23.3 Å². The molecule has 8 nitrogen and oxygen atoms in total. The molecule has 38 heavy (non-hydrogen) atoms. The van der Waals surface area contributed by atoms with Gasteiger partial charge in [0.1, 0.15) is 6.10 Å². The Labute approximate surface area is 226 Å². The summed E-state index contributed by atoms with van der Waals surface area (Å²) >= 11 is 0. The maximum atomic E-state index is 12.6. The van der Waals surface area contributed by atoms with Crippen molar-refractivity contribution in [1.82, 2.24) is 0 Å². The molecule has 0 heterocycles. The van der Waals surface area contributed by atoms with Gasteiger partial charge in [0, 0.05) is 18.5 Å². The molecule has 10 atom stereocenters. The van der Waals surface area contributed by atoms with Crippen LogP contribution in [0.2, 0.25) is 0 Å². The Morgan fingerprint density at radius 3 is 2.26 bits per heavy atom. The molecule has 4 saturated carbocycles. The van der Waals surface area contributed by atoms with Crippen LogP contribution in [-0.4, -0.2) is 57.2 Å². The first-order chi connectivity index (χ1) is 17.5. The maximum Gasteiger partial charge on any atom is 0.335 e. The van der Waals surface area contributed by atoms with E-state index in [1.54, 1.807) is 6.08 Å². The van der Waals surface area contributed by atoms with E-state index < -0.39 is 46.6 Å². The average Bonchev–Trinajstić information content (AvgIpc) is 3.00. The zero-order valence-electron chi connectivity index (χ0n) is 23.7. The second-order valence-electron chi connectivity index (χ2n) is 13.3. The van der Waals surface area contributed by atoms with Crippen molar-refractivity contribution in [2.45, 2.75) is 110 Å². The number of aliphatic carboxylic acids is 1. The molecule has 0 amide bonds. The Morgan fingerprint density at radius 2 is 1.68 bits per heavy atom. The zero-order chi connectivity index (χ0) is 28.4. The van der Waals surface area contributed by atoms with Crippen molar-refractivity contribution in [3.8, 4) is 0 Å². The molecule has 0 spiro atoms. The number of aliphatic hydroxyl groups is 2. The van der Waals surface area contributed by atoms with Crippen LogP contribution in [0.25, 0.3) is 0 Å². The van der Waals surface area contributed by atoms with Crippen molar-refractivity contribution < 1.29 is 29.6 Å². The van der Waals surface area contributed by atoms with Crippen molar-refractivity contribution in [2.24, 2.45) is 39.5 Å². The van der Waals surface area contributed by atoms with Gasteiger partial charge in [-0.05, 0) is 86.5 Å². The molecule has 0 aromatic rings. The number of hydrogen-bond donors (Lipinski definition) is 5. The van der Waals surface area contributed by atoms with Crippen LogP contribution in [0.1, 0.15) is 80.1 Å². The molecular formula is C30H46N2O6. The summed E-state index contributed by atoms with van der Waals surface area (Å²) in [4.78, 5) is 24.9. The minimum atomic E-state index is -1.21. The summed E-state index contributed by atoms with van der Waals surface area (Å²) < 4.78 is 5.80. The van der Waals surface area contributed by atoms with E-state index in [1.165, 1.54) is 13.0 Å². The van der Waals surface area contributed by atoms with Crippen LogP contribution in [0.3, 0.4) is 0 Å². The molecule has 0 saturated heterocycles. The Bertz CT molecular complexity index is 1090. The van der Waals surface area contributed by atoms with E-state index >= 15 is 0 Å². The number of allylic oxidation sites excluding steroid dienone is 3. The number of carboxylic acid groups (broad SMARTS) is 1. The lowest BCUT2D eigenvalue weighted by atomic mass is 9.35. The highest BCUT2D eigenvalue weighted by atomic mass is 16.5. The largest absolute Gasteiger partial charge is 0.478 e. The van der Waals surface area contributed by atoms with Crippen LogP contribution in [0.15, 0.2) is 34.9 Å². The molecule has 4 rings (SSSR count). The van der Waals surface area contributed by atoms with Crippen molar-refractivity contribution >= 4 is 11.9 Å². The van der Waals surface area contributed by atoms with Gasteiger partial charge in [0.25, 0.3) is 0 Å². The monoisotopic (exact) mass is 530 g/mol. The molecule has 4 fully saturated rings. The molecule has 4 aliphatic carbocycles. The molecule has 0 aromatic carbocycles. The van der Waals surface area contributed by atoms with Gasteiger partial charge in [-0.2, -0.15) is 0 Å². The van der Waals surface area contributed by atoms with Crippen LogP contribution < -0.4 is 11.5 Å². The smallest absolute Gasteiger partial charge is 0.335 e. The van der Waals surface area contributed by atoms with E-state index in [1.807, 2.05) is 19.9 Å². The van der Waals surface area contributed by atoms with Gasteiger partial charge >= 0.3 is 11.9 Å². The molecule has 8 heteroatoms. The first-order valence-electron chi connectivity index (χ1n) is 13.9. The fourth-order valence-corrected chi connectivity index (χ4v) is 9.37. The first-order valence-corrected chi connectivity index (χ1v) is 13.9. The molecular weight excluding hydrogens is 484 g/mol. The van der Waals surface area contributed by atoms with Gasteiger partial charge < -0.3 is 31.5 Å². The Hall–Kier alpha value is -2.00. The minimum absolute atomic E-state index is 0.0110. The number of carbonyl (C=O) groups is 2. The Morgan fingerprint density at radius 1 is 1.03 bits per heavy atom. The molecule has 0 aromatic heterocycles. The standard InChI is InChI=1S/C30H46N2O6/c1-16(2)8-7-9-18(26(36)37)23-22(38-17(3)33)15-29(6)28(5)13-10-19-24(31)20(34)11-12-27(19,4)25(28)21(35)14-30(23,29)32/h7-9,19-22,24-25,34-35H,10-15,31-32H2,1-6H3,(H,36,37)/b9-7+,23-18+/t19-,20+,21+,22-,24-,25-,27-,28-,29+,30+/m0/s1. The summed E-state index contributed by atoms with van der Waals surface area (Å²) in [5.41, 5.74) is 12.6. The third kappa shape index (κ3) is 4.02. The quantitative estimate of drug-likeness (QED) is 0.211. The highest BCUT2D eigenvalue weighted by molar-refractivity contribution is 5.92. The zero-order valence-corrected chi connectivity index (χ0v) is 23.7. The highest BCUT2D eigenvalue weighted by Gasteiger charge is 2.75. The summed E-state index contributed by atoms with van der Waals surface area (Å²) in [5, 5.41) is 32.8. The highest BCUT2D eigenvalue weighted by Crippen LogP contribution is 2.74. The Kier molecular flexibility index (Phi) is 7.31. The third-order valence-electron chi connectivity index (χ3n) is 11.2. The van der Waals surface area contributed by atoms with Gasteiger partial charge in [-0.25, -0.2) is 4.79 Å². The second-order valence-corrected chi connectivity index (χ2v) is 13.3. The summed E-state index contributed by atoms with van der Waals surface area (Å²) in [6.07, 6.45) is 6.22. The number of rotatable bonds is 4. The molecule has 0 radical (unpaired) electrons. The fraction of sp³-hybridized carbons (Fsp3) is 0.733. The summed E-state index contributed by atoms with van der Waals surface area (Å²) in [6.45, 7) is 11.6. The van der Waals surface area contributed by atoms with Gasteiger partial charge in [0.15, 0.2) is 0 Å². The molecule has 212 valence electrons. The second kappa shape index (κ2) is 9.58. The van der Waals surface area contributed by atoms with Gasteiger partial charge in [0.2, 0.25) is 0 Å². The fourth-order valence-electron chi connectivity index (χ4n) is 9.37. The van der Waals surface area contributed by atoms with E-state index in [-0.39, 0.29) is 35.3 Å². The predicted molar refractivity (Wildman–Crippen MR) is 145 cm³/mol. The van der Waals surface area contributed by atoms with Crippen LogP contribution in [0.5, 0.6) is 0 Å². The number of hydrogen-bond acceptors (Lipinski definition) is 7. The SMILES string of the molecule is CC(=O)O[C@H]1C[C@@]2(C)[C@@](N)(C[C@@H](O)[C@H]3[C@@]4(C)CC[C@@H](O)[C@@H](N)[C@@H]4CC[C@@]32C)/C1=C(\C=C\C=C(C)C)C(=O)O. The molecule has 0 bridgehead atoms. The summed E-state index contributed by atoms with van der Waals surface area (Å²) in [5.74, 6) is -1.73. The number of carbonyl (C=O) groups excluding carboxylic acids is 1. The molecule has 7 N–H and O–H groups in total. The van der Waals surface area contributed by atoms with Gasteiger partial charge in [-0.3, -0.25) is 4.79 Å². The van der Waals surface area contributed by atoms with Crippen LogP contribution >= 0.6 is 0 Å². The van der Waals surface area contributed by atoms with Gasteiger partial charge in [-0.15, -0.1) is 0 Å². The number of ether oxygens (including phenoxy) is 1. The van der Waals surface area contributed by atoms with Crippen molar-refractivity contribution in [3.05, 3.63) is 34.9 Å². The normalized spacial score (nSPS) is 47.5. The van der Waals surface area contributed by atoms with Crippen molar-refractivity contribution in [1.29, 1.82) is 0 Å². The average molecular weight is 531 g/mol. The lowest BCUT2D eigenvalue weighted by Gasteiger charge is -2.70. The predicted octanol–water partition coefficient (Wildman–Crippen LogP) is 3.21. The molecule has 4 aliphatic rings. The first kappa shape index (κ1) is 29.0. The van der Waals surface area contributed by atoms with E-state index in [2.05, 4.69) is 20.8 Å². The van der Waals surface area contributed by atoms with Crippen LogP contribution in [0, 0.1) is 28.1 Å². The van der Waals surface area contributed by atoms with Gasteiger partial charge in [-0.1, -0.05) is 38.5 Å². The van der Waals surface area contributed by atoms with E-state index in [9.17, 15) is 24.9 Å². The lowest BCUT2D eigenvalue weighted by molar-refractivity contribution is -0.231. The summed E-state index contributed by atoms with van der Waals surface area (Å²) in [7, 11) is 0. The van der Waals surface area contributed by atoms with Crippen LogP contribution in [-0.2, 0) is 14.3 Å². The topological polar surface area (TPSA) is 156 Å². The number of nitrogens with two attached hydrogens (primary N) is 2. The number of carboxylic acids is 1. The minimum Gasteiger partial charge on any atom is -0.478 e. The van der Waals surface area contributed by atoms with Crippen molar-refractivity contribution in [2.75, 3.05) is 0 Å². The van der Waals surface area contributed by atoms with Crippen LogP contribution in [0.4, 0.5) is 0 Å². The van der Waals surface area contributed by atoms with E-state index in [0.29, 0.717) is 18.4 Å². The van der Waals surface area contributed by atoms with Crippen molar-refractivity contribution in [3.63, 3.8) is 0 Å². The third-order valence-corrected chi connectivity index (χ3v) is 11.2. The number of aliphatic hydroxyl groups excluding tert-OH is 2. The van der Waals surface area contributed by atoms with E-state index in [4.69, 9.17) is 16.2 Å². The number of esters is 1. The maximum absolute atomic E-state index is 12.6. The number of fused-ring (bicyclic) bond motifs is 5. The molecule has 0 aliphatic heterocycles.